The Balaban J connectivity index is 2.04. The van der Waals surface area contributed by atoms with Crippen molar-refractivity contribution >= 4 is 28.4 Å². The molecule has 10 nitrogen and oxygen atoms in total. The number of nitrogens with two attached hydrogens (primary N) is 1. The van der Waals surface area contributed by atoms with Crippen LogP contribution in [-0.4, -0.2) is 37.4 Å². The van der Waals surface area contributed by atoms with Gasteiger partial charge in [-0.1, -0.05) is 27.2 Å². The van der Waals surface area contributed by atoms with E-state index in [9.17, 15) is 18.9 Å². The first-order valence-electron chi connectivity index (χ1n) is 9.90. The Labute approximate surface area is 181 Å². The maximum Gasteiger partial charge on any atom is 0.281 e. The van der Waals surface area contributed by atoms with E-state index in [0.29, 0.717) is 28.6 Å². The number of aromatic hydroxyl groups is 1. The molecule has 0 radical (unpaired) electrons. The van der Waals surface area contributed by atoms with Gasteiger partial charge in [-0.25, -0.2) is 8.89 Å². The second-order valence-electron chi connectivity index (χ2n) is 7.37. The van der Waals surface area contributed by atoms with Crippen molar-refractivity contribution in [2.75, 3.05) is 11.9 Å². The molecule has 4 N–H and O–H groups in total. The molecule has 2 aromatic rings. The molecular formula is C20H25N5O5S. The number of anilines is 1. The first-order valence-corrected chi connectivity index (χ1v) is 11.0. The molecule has 3 rings (SSSR count). The largest absolute Gasteiger partial charge is 0.505 e. The Bertz CT molecular complexity index is 1130. The Morgan fingerprint density at radius 2 is 2.13 bits per heavy atom. The molecule has 1 unspecified atom stereocenters. The highest BCUT2D eigenvalue weighted by atomic mass is 32.2. The van der Waals surface area contributed by atoms with Gasteiger partial charge in [0, 0.05) is 18.5 Å². The van der Waals surface area contributed by atoms with Crippen LogP contribution in [0, 0.1) is 0 Å². The lowest BCUT2D eigenvalue weighted by molar-refractivity contribution is -0.119. The number of hydrogen-bond acceptors (Lipinski definition) is 7. The summed E-state index contributed by atoms with van der Waals surface area (Å²) < 4.78 is 23.4. The maximum absolute atomic E-state index is 13.0. The van der Waals surface area contributed by atoms with Gasteiger partial charge in [-0.05, 0) is 18.6 Å². The van der Waals surface area contributed by atoms with Gasteiger partial charge < -0.3 is 20.9 Å². The van der Waals surface area contributed by atoms with E-state index in [4.69, 9.17) is 10.5 Å². The molecule has 0 aliphatic carbocycles. The minimum atomic E-state index is -1.87. The van der Waals surface area contributed by atoms with Gasteiger partial charge in [0.2, 0.25) is 0 Å². The number of amides is 1. The van der Waals surface area contributed by atoms with Crippen LogP contribution >= 0.6 is 0 Å². The highest BCUT2D eigenvalue weighted by Crippen LogP contribution is 2.32. The molecule has 0 saturated carbocycles. The van der Waals surface area contributed by atoms with E-state index in [1.807, 2.05) is 20.8 Å². The molecule has 11 heteroatoms. The summed E-state index contributed by atoms with van der Waals surface area (Å²) in [5.41, 5.74) is 5.30. The molecule has 1 atom stereocenters. The van der Waals surface area contributed by atoms with Crippen LogP contribution in [0.3, 0.4) is 0 Å². The standard InChI is InChI=1S/C20H25N5O5S/c1-4-5-8-25-20(28)16(18(27)17(23-25)11(2)3)19-22-13-7-6-12(30-10-15(21)26)9-14(13)31(29)24-19/h6-7,9,11,27H,4-5,8,10H2,1-3H3,(H2,21,26)(H,22,24). The topological polar surface area (TPSA) is 149 Å². The van der Waals surface area contributed by atoms with Gasteiger partial charge in [0.05, 0.1) is 10.6 Å². The van der Waals surface area contributed by atoms with Crippen LogP contribution in [-0.2, 0) is 22.3 Å². The summed E-state index contributed by atoms with van der Waals surface area (Å²) in [7, 11) is -1.87. The number of unbranched alkanes of at least 4 members (excludes halogenated alkanes) is 1. The van der Waals surface area contributed by atoms with E-state index in [0.717, 1.165) is 12.8 Å². The molecule has 1 amide bonds. The number of amidine groups is 1. The monoisotopic (exact) mass is 447 g/mol. The molecular weight excluding hydrogens is 422 g/mol. The molecule has 1 aromatic heterocycles. The zero-order valence-corrected chi connectivity index (χ0v) is 18.4. The van der Waals surface area contributed by atoms with Crippen molar-refractivity contribution in [2.24, 2.45) is 10.1 Å². The first-order chi connectivity index (χ1) is 14.7. The number of primary amides is 1. The number of aromatic nitrogens is 2. The number of ether oxygens (including phenoxy) is 1. The fourth-order valence-corrected chi connectivity index (χ4v) is 3.95. The molecule has 1 aliphatic rings. The average molecular weight is 448 g/mol. The predicted molar refractivity (Wildman–Crippen MR) is 117 cm³/mol. The Morgan fingerprint density at radius 1 is 1.39 bits per heavy atom. The van der Waals surface area contributed by atoms with E-state index in [-0.39, 0.29) is 29.7 Å². The third-order valence-electron chi connectivity index (χ3n) is 4.61. The SMILES string of the molecule is CCCCn1nc(C(C)C)c(O)c(C2=NS(=O)c3cc(OCC(N)=O)ccc3N2)c1=O. The number of benzene rings is 1. The number of nitrogens with one attached hydrogen (secondary N) is 1. The normalized spacial score (nSPS) is 15.2. The minimum absolute atomic E-state index is 0.00804. The van der Waals surface area contributed by atoms with Crippen LogP contribution in [0.15, 0.2) is 32.3 Å². The van der Waals surface area contributed by atoms with Crippen molar-refractivity contribution in [2.45, 2.75) is 51.0 Å². The number of fused-ring (bicyclic) bond motifs is 1. The molecule has 0 fully saturated rings. The fourth-order valence-electron chi connectivity index (χ4n) is 3.03. The second-order valence-corrected chi connectivity index (χ2v) is 8.49. The summed E-state index contributed by atoms with van der Waals surface area (Å²) in [6.07, 6.45) is 1.62. The number of aryl methyl sites for hydroxylation is 1. The van der Waals surface area contributed by atoms with Gasteiger partial charge in [-0.2, -0.15) is 9.50 Å². The number of carbonyl (C=O) groups excluding carboxylic acids is 1. The van der Waals surface area contributed by atoms with Crippen molar-refractivity contribution < 1.29 is 18.8 Å². The van der Waals surface area contributed by atoms with Crippen LogP contribution in [0.25, 0.3) is 0 Å². The lowest BCUT2D eigenvalue weighted by Gasteiger charge is -2.20. The van der Waals surface area contributed by atoms with Gasteiger partial charge in [0.15, 0.2) is 29.2 Å². The van der Waals surface area contributed by atoms with Crippen molar-refractivity contribution in [3.8, 4) is 11.5 Å². The van der Waals surface area contributed by atoms with E-state index in [1.165, 1.54) is 10.7 Å². The van der Waals surface area contributed by atoms with Crippen molar-refractivity contribution in [3.63, 3.8) is 0 Å². The highest BCUT2D eigenvalue weighted by molar-refractivity contribution is 7.84. The fraction of sp³-hybridized carbons (Fsp3) is 0.400. The third-order valence-corrected chi connectivity index (χ3v) is 5.68. The van der Waals surface area contributed by atoms with Crippen LogP contribution in [0.1, 0.15) is 50.8 Å². The molecule has 1 aliphatic heterocycles. The van der Waals surface area contributed by atoms with E-state index in [1.54, 1.807) is 12.1 Å². The molecule has 1 aromatic carbocycles. The van der Waals surface area contributed by atoms with Crippen LogP contribution in [0.2, 0.25) is 0 Å². The molecule has 166 valence electrons. The smallest absolute Gasteiger partial charge is 0.281 e. The lowest BCUT2D eigenvalue weighted by atomic mass is 10.1. The van der Waals surface area contributed by atoms with Crippen LogP contribution in [0.5, 0.6) is 11.5 Å². The summed E-state index contributed by atoms with van der Waals surface area (Å²) in [6, 6.07) is 4.64. The predicted octanol–water partition coefficient (Wildman–Crippen LogP) is 1.63. The molecule has 0 bridgehead atoms. The van der Waals surface area contributed by atoms with E-state index in [2.05, 4.69) is 14.8 Å². The number of hydrogen-bond donors (Lipinski definition) is 3. The van der Waals surface area contributed by atoms with Crippen LogP contribution < -0.4 is 21.3 Å². The summed E-state index contributed by atoms with van der Waals surface area (Å²) in [6.45, 7) is 5.81. The van der Waals surface area contributed by atoms with Gasteiger partial charge in [-0.15, -0.1) is 0 Å². The molecule has 31 heavy (non-hydrogen) atoms. The van der Waals surface area contributed by atoms with E-state index >= 15 is 0 Å². The van der Waals surface area contributed by atoms with Crippen LogP contribution in [0.4, 0.5) is 5.69 Å². The Kier molecular flexibility index (Phi) is 6.74. The molecule has 2 heterocycles. The minimum Gasteiger partial charge on any atom is -0.505 e. The molecule has 0 saturated heterocycles. The summed E-state index contributed by atoms with van der Waals surface area (Å²) in [5, 5.41) is 18.1. The third kappa shape index (κ3) is 4.76. The molecule has 0 spiro atoms. The van der Waals surface area contributed by atoms with Crippen molar-refractivity contribution in [3.05, 3.63) is 39.8 Å². The second kappa shape index (κ2) is 9.29. The lowest BCUT2D eigenvalue weighted by Crippen LogP contribution is -2.34. The van der Waals surface area contributed by atoms with E-state index < -0.39 is 22.5 Å². The van der Waals surface area contributed by atoms with Crippen molar-refractivity contribution in [1.82, 2.24) is 9.78 Å². The zero-order valence-electron chi connectivity index (χ0n) is 17.5. The van der Waals surface area contributed by atoms with Gasteiger partial charge >= 0.3 is 0 Å². The zero-order chi connectivity index (χ0) is 22.7. The summed E-state index contributed by atoms with van der Waals surface area (Å²) >= 11 is 0. The quantitative estimate of drug-likeness (QED) is 0.557. The van der Waals surface area contributed by atoms with Crippen molar-refractivity contribution in [1.29, 1.82) is 0 Å². The highest BCUT2D eigenvalue weighted by Gasteiger charge is 2.27. The summed E-state index contributed by atoms with van der Waals surface area (Å²) in [5.74, 6) is -0.735. The number of carbonyl (C=O) groups is 1. The first kappa shape index (κ1) is 22.5. The number of rotatable bonds is 8. The van der Waals surface area contributed by atoms with Gasteiger partial charge in [0.1, 0.15) is 17.0 Å². The number of nitrogens with zero attached hydrogens (tertiary/aromatic N) is 3. The summed E-state index contributed by atoms with van der Waals surface area (Å²) in [4.78, 5) is 24.3. The Morgan fingerprint density at radius 3 is 2.77 bits per heavy atom. The maximum atomic E-state index is 13.0. The average Bonchev–Trinajstić information content (AvgIpc) is 2.71. The van der Waals surface area contributed by atoms with Gasteiger partial charge in [-0.3, -0.25) is 9.59 Å². The van der Waals surface area contributed by atoms with Gasteiger partial charge in [0.25, 0.3) is 11.5 Å². The Hall–Kier alpha value is -3.21.